The molecular weight excluding hydrogens is 184 g/mol. The standard InChI is InChI=1S/C13H20N2/c1-10-6-7-12(14)9-13(10)15-8-4-3-5-11(15)2/h6-7,9,11H,3-5,8,14H2,1-2H3. The Bertz CT molecular complexity index is 346. The molecule has 1 fully saturated rings. The van der Waals surface area contributed by atoms with Crippen molar-refractivity contribution in [2.24, 2.45) is 0 Å². The second-order valence-corrected chi connectivity index (χ2v) is 4.58. The number of hydrogen-bond acceptors (Lipinski definition) is 2. The van der Waals surface area contributed by atoms with E-state index in [9.17, 15) is 0 Å². The van der Waals surface area contributed by atoms with Crippen LogP contribution in [0, 0.1) is 6.92 Å². The van der Waals surface area contributed by atoms with Gasteiger partial charge < -0.3 is 10.6 Å². The molecule has 0 saturated carbocycles. The first-order chi connectivity index (χ1) is 7.18. The number of nitrogen functional groups attached to an aromatic ring is 1. The highest BCUT2D eigenvalue weighted by Crippen LogP contribution is 2.28. The van der Waals surface area contributed by atoms with Gasteiger partial charge in [-0.25, -0.2) is 0 Å². The second kappa shape index (κ2) is 4.13. The molecule has 2 heteroatoms. The van der Waals surface area contributed by atoms with Gasteiger partial charge in [0.25, 0.3) is 0 Å². The van der Waals surface area contributed by atoms with E-state index in [1.807, 2.05) is 6.07 Å². The lowest BCUT2D eigenvalue weighted by Gasteiger charge is -2.36. The minimum Gasteiger partial charge on any atom is -0.399 e. The van der Waals surface area contributed by atoms with Crippen LogP contribution >= 0.6 is 0 Å². The summed E-state index contributed by atoms with van der Waals surface area (Å²) in [6.07, 6.45) is 3.96. The van der Waals surface area contributed by atoms with Crippen molar-refractivity contribution in [3.05, 3.63) is 23.8 Å². The first kappa shape index (κ1) is 10.3. The number of hydrogen-bond donors (Lipinski definition) is 1. The zero-order chi connectivity index (χ0) is 10.8. The van der Waals surface area contributed by atoms with Gasteiger partial charge >= 0.3 is 0 Å². The Kier molecular flexibility index (Phi) is 2.85. The first-order valence-electron chi connectivity index (χ1n) is 5.81. The van der Waals surface area contributed by atoms with Crippen molar-refractivity contribution in [2.75, 3.05) is 17.2 Å². The maximum atomic E-state index is 5.85. The molecule has 2 nitrogen and oxygen atoms in total. The molecule has 82 valence electrons. The van der Waals surface area contributed by atoms with Crippen LogP contribution in [0.1, 0.15) is 31.7 Å². The molecule has 1 atom stereocenters. The number of rotatable bonds is 1. The fourth-order valence-corrected chi connectivity index (χ4v) is 2.39. The number of nitrogens with zero attached hydrogens (tertiary/aromatic N) is 1. The molecule has 0 bridgehead atoms. The van der Waals surface area contributed by atoms with Gasteiger partial charge in [0.2, 0.25) is 0 Å². The van der Waals surface area contributed by atoms with Crippen molar-refractivity contribution in [1.29, 1.82) is 0 Å². The zero-order valence-electron chi connectivity index (χ0n) is 9.66. The Labute approximate surface area is 92.1 Å². The van der Waals surface area contributed by atoms with Gasteiger partial charge in [0.05, 0.1) is 0 Å². The van der Waals surface area contributed by atoms with Crippen molar-refractivity contribution >= 4 is 11.4 Å². The van der Waals surface area contributed by atoms with Gasteiger partial charge in [-0.15, -0.1) is 0 Å². The van der Waals surface area contributed by atoms with E-state index in [0.29, 0.717) is 6.04 Å². The van der Waals surface area contributed by atoms with Crippen LogP contribution in [0.3, 0.4) is 0 Å². The average molecular weight is 204 g/mol. The first-order valence-corrected chi connectivity index (χ1v) is 5.81. The van der Waals surface area contributed by atoms with Crippen molar-refractivity contribution in [1.82, 2.24) is 0 Å². The molecule has 1 aromatic rings. The molecule has 1 unspecified atom stereocenters. The molecule has 0 radical (unpaired) electrons. The maximum absolute atomic E-state index is 5.85. The fourth-order valence-electron chi connectivity index (χ4n) is 2.39. The largest absolute Gasteiger partial charge is 0.399 e. The van der Waals surface area contributed by atoms with Gasteiger partial charge in [0.1, 0.15) is 0 Å². The van der Waals surface area contributed by atoms with Gasteiger partial charge in [-0.05, 0) is 50.8 Å². The molecule has 1 aromatic carbocycles. The number of nitrogens with two attached hydrogens (primary N) is 1. The molecule has 0 aromatic heterocycles. The summed E-state index contributed by atoms with van der Waals surface area (Å²) in [5.41, 5.74) is 9.37. The topological polar surface area (TPSA) is 29.3 Å². The molecule has 1 saturated heterocycles. The Hall–Kier alpha value is -1.18. The van der Waals surface area contributed by atoms with Crippen LogP contribution in [-0.4, -0.2) is 12.6 Å². The number of aryl methyl sites for hydroxylation is 1. The maximum Gasteiger partial charge on any atom is 0.0418 e. The summed E-state index contributed by atoms with van der Waals surface area (Å²) in [5.74, 6) is 0. The SMILES string of the molecule is Cc1ccc(N)cc1N1CCCCC1C. The smallest absolute Gasteiger partial charge is 0.0418 e. The van der Waals surface area contributed by atoms with Gasteiger partial charge in [0, 0.05) is 24.0 Å². The van der Waals surface area contributed by atoms with Gasteiger partial charge in [-0.3, -0.25) is 0 Å². The Balaban J connectivity index is 2.30. The van der Waals surface area contributed by atoms with Gasteiger partial charge in [-0.1, -0.05) is 6.07 Å². The van der Waals surface area contributed by atoms with Crippen molar-refractivity contribution in [3.63, 3.8) is 0 Å². The molecule has 1 aliphatic rings. The van der Waals surface area contributed by atoms with E-state index in [2.05, 4.69) is 30.9 Å². The highest BCUT2D eigenvalue weighted by molar-refractivity contribution is 5.61. The highest BCUT2D eigenvalue weighted by Gasteiger charge is 2.19. The summed E-state index contributed by atoms with van der Waals surface area (Å²) in [4.78, 5) is 2.50. The van der Waals surface area contributed by atoms with E-state index in [1.165, 1.54) is 37.1 Å². The lowest BCUT2D eigenvalue weighted by atomic mass is 10.0. The number of anilines is 2. The molecule has 2 rings (SSSR count). The summed E-state index contributed by atoms with van der Waals surface area (Å²) >= 11 is 0. The van der Waals surface area contributed by atoms with E-state index >= 15 is 0 Å². The summed E-state index contributed by atoms with van der Waals surface area (Å²) in [6.45, 7) is 5.64. The Morgan fingerprint density at radius 3 is 2.87 bits per heavy atom. The molecule has 2 N–H and O–H groups in total. The second-order valence-electron chi connectivity index (χ2n) is 4.58. The van der Waals surface area contributed by atoms with Crippen LogP contribution < -0.4 is 10.6 Å². The minimum absolute atomic E-state index is 0.652. The van der Waals surface area contributed by atoms with E-state index < -0.39 is 0 Å². The summed E-state index contributed by atoms with van der Waals surface area (Å²) < 4.78 is 0. The Morgan fingerprint density at radius 2 is 2.13 bits per heavy atom. The zero-order valence-corrected chi connectivity index (χ0v) is 9.66. The predicted octanol–water partition coefficient (Wildman–Crippen LogP) is 2.96. The predicted molar refractivity (Wildman–Crippen MR) is 66.3 cm³/mol. The van der Waals surface area contributed by atoms with E-state index in [4.69, 9.17) is 5.73 Å². The van der Waals surface area contributed by atoms with Crippen LogP contribution in [0.4, 0.5) is 11.4 Å². The normalized spacial score (nSPS) is 21.7. The van der Waals surface area contributed by atoms with Crippen molar-refractivity contribution in [2.45, 2.75) is 39.2 Å². The molecule has 1 heterocycles. The minimum atomic E-state index is 0.652. The number of piperidine rings is 1. The van der Waals surface area contributed by atoms with Crippen molar-refractivity contribution < 1.29 is 0 Å². The number of benzene rings is 1. The Morgan fingerprint density at radius 1 is 1.33 bits per heavy atom. The molecule has 1 aliphatic heterocycles. The van der Waals surface area contributed by atoms with Gasteiger partial charge in [-0.2, -0.15) is 0 Å². The van der Waals surface area contributed by atoms with Crippen LogP contribution in [0.15, 0.2) is 18.2 Å². The summed E-state index contributed by atoms with van der Waals surface area (Å²) in [5, 5.41) is 0. The molecule has 0 aliphatic carbocycles. The summed E-state index contributed by atoms with van der Waals surface area (Å²) in [7, 11) is 0. The lowest BCUT2D eigenvalue weighted by Crippen LogP contribution is -2.37. The molecule has 15 heavy (non-hydrogen) atoms. The molecule has 0 amide bonds. The van der Waals surface area contributed by atoms with Gasteiger partial charge in [0.15, 0.2) is 0 Å². The van der Waals surface area contributed by atoms with Crippen LogP contribution in [0.5, 0.6) is 0 Å². The van der Waals surface area contributed by atoms with Crippen LogP contribution in [0.25, 0.3) is 0 Å². The lowest BCUT2D eigenvalue weighted by molar-refractivity contribution is 0.484. The third-order valence-electron chi connectivity index (χ3n) is 3.35. The summed E-state index contributed by atoms with van der Waals surface area (Å²) in [6, 6.07) is 6.86. The van der Waals surface area contributed by atoms with E-state index in [0.717, 1.165) is 5.69 Å². The average Bonchev–Trinajstić information content (AvgIpc) is 2.23. The monoisotopic (exact) mass is 204 g/mol. The molecule has 0 spiro atoms. The van der Waals surface area contributed by atoms with Crippen LogP contribution in [0.2, 0.25) is 0 Å². The van der Waals surface area contributed by atoms with Crippen molar-refractivity contribution in [3.8, 4) is 0 Å². The van der Waals surface area contributed by atoms with E-state index in [1.54, 1.807) is 0 Å². The quantitative estimate of drug-likeness (QED) is 0.713. The highest BCUT2D eigenvalue weighted by atomic mass is 15.2. The van der Waals surface area contributed by atoms with E-state index in [-0.39, 0.29) is 0 Å². The molecular formula is C13H20N2. The fraction of sp³-hybridized carbons (Fsp3) is 0.538. The third-order valence-corrected chi connectivity index (χ3v) is 3.35. The third kappa shape index (κ3) is 2.09. The van der Waals surface area contributed by atoms with Crippen LogP contribution in [-0.2, 0) is 0 Å².